The Morgan fingerprint density at radius 3 is 2.51 bits per heavy atom. The molecule has 2 aromatic carbocycles. The molecule has 0 saturated heterocycles. The number of H-pyrrole nitrogens is 1. The van der Waals surface area contributed by atoms with Gasteiger partial charge in [-0.1, -0.05) is 29.8 Å². The number of aromatic nitrogens is 3. The van der Waals surface area contributed by atoms with Crippen LogP contribution >= 0.6 is 11.6 Å². The third-order valence-corrected chi connectivity index (χ3v) is 6.77. The Hall–Kier alpha value is -4.53. The van der Waals surface area contributed by atoms with Crippen LogP contribution in [0.15, 0.2) is 70.7 Å². The maximum Gasteiger partial charge on any atom is 0.471 e. The lowest BCUT2D eigenvalue weighted by Gasteiger charge is -2.29. The minimum absolute atomic E-state index is 0.0119. The zero-order valence-corrected chi connectivity index (χ0v) is 23.0. The van der Waals surface area contributed by atoms with E-state index in [1.807, 2.05) is 0 Å². The predicted octanol–water partition coefficient (Wildman–Crippen LogP) is 5.30. The molecule has 4 rings (SSSR count). The third-order valence-electron chi connectivity index (χ3n) is 6.44. The maximum atomic E-state index is 13.1. The fourth-order valence-corrected chi connectivity index (χ4v) is 4.47. The molecule has 1 aromatic heterocycles. The van der Waals surface area contributed by atoms with Gasteiger partial charge in [0, 0.05) is 17.8 Å². The molecule has 0 aliphatic heterocycles. The van der Waals surface area contributed by atoms with E-state index in [1.54, 1.807) is 12.2 Å². The van der Waals surface area contributed by atoms with Crippen molar-refractivity contribution in [3.05, 3.63) is 92.6 Å². The first kappa shape index (κ1) is 31.4. The number of aromatic amines is 1. The van der Waals surface area contributed by atoms with E-state index in [2.05, 4.69) is 15.4 Å². The molecular weight excluding hydrogens is 608 g/mol. The van der Waals surface area contributed by atoms with Gasteiger partial charge in [-0.05, 0) is 55.3 Å². The van der Waals surface area contributed by atoms with Crippen LogP contribution in [-0.2, 0) is 32.6 Å². The van der Waals surface area contributed by atoms with Crippen LogP contribution in [0.1, 0.15) is 24.5 Å². The molecule has 9 nitrogen and oxygen atoms in total. The fraction of sp³-hybridized carbons (Fsp3) is 0.259. The second-order valence-corrected chi connectivity index (χ2v) is 10.0. The van der Waals surface area contributed by atoms with Gasteiger partial charge in [-0.2, -0.15) is 26.3 Å². The summed E-state index contributed by atoms with van der Waals surface area (Å²) in [6.45, 7) is 1.14. The molecule has 1 atom stereocenters. The number of methoxy groups -OCH3 is 1. The van der Waals surface area contributed by atoms with Crippen molar-refractivity contribution < 1.29 is 40.7 Å². The number of nitrogens with zero attached hydrogens (tertiary/aromatic N) is 2. The fourth-order valence-electron chi connectivity index (χ4n) is 4.26. The Kier molecular flexibility index (Phi) is 8.49. The van der Waals surface area contributed by atoms with Crippen LogP contribution in [-0.4, -0.2) is 39.9 Å². The van der Waals surface area contributed by atoms with E-state index >= 15 is 0 Å². The number of alkyl halides is 6. The molecule has 3 N–H and O–H groups in total. The second kappa shape index (κ2) is 11.6. The lowest BCUT2D eigenvalue weighted by Crippen LogP contribution is -2.39. The van der Waals surface area contributed by atoms with Crippen molar-refractivity contribution in [3.63, 3.8) is 0 Å². The number of benzene rings is 2. The normalized spacial score (nSPS) is 17.1. The largest absolute Gasteiger partial charge is 0.496 e. The molecule has 0 fully saturated rings. The molecule has 228 valence electrons. The van der Waals surface area contributed by atoms with E-state index < -0.39 is 47.5 Å². The number of ether oxygens (including phenoxy) is 1. The number of carbonyl (C=O) groups is 2. The van der Waals surface area contributed by atoms with Crippen molar-refractivity contribution in [1.82, 2.24) is 20.1 Å². The lowest BCUT2D eigenvalue weighted by molar-refractivity contribution is -0.173. The van der Waals surface area contributed by atoms with Crippen molar-refractivity contribution >= 4 is 29.1 Å². The third kappa shape index (κ3) is 6.93. The van der Waals surface area contributed by atoms with E-state index in [0.29, 0.717) is 0 Å². The summed E-state index contributed by atoms with van der Waals surface area (Å²) in [7, 11) is 1.27. The Bertz CT molecular complexity index is 1690. The number of nitrogens with one attached hydrogen (secondary N) is 3. The highest BCUT2D eigenvalue weighted by Crippen LogP contribution is 2.34. The van der Waals surface area contributed by atoms with Crippen LogP contribution in [0.25, 0.3) is 11.4 Å². The molecule has 1 aliphatic carbocycles. The molecule has 0 saturated carbocycles. The number of anilines is 1. The summed E-state index contributed by atoms with van der Waals surface area (Å²) in [6, 6.07) is 8.23. The lowest BCUT2D eigenvalue weighted by atomic mass is 9.89. The van der Waals surface area contributed by atoms with Crippen molar-refractivity contribution in [2.24, 2.45) is 0 Å². The molecule has 0 spiro atoms. The van der Waals surface area contributed by atoms with Crippen molar-refractivity contribution in [2.45, 2.75) is 37.8 Å². The summed E-state index contributed by atoms with van der Waals surface area (Å²) in [5.41, 5.74) is -2.49. The summed E-state index contributed by atoms with van der Waals surface area (Å²) in [5, 5.41) is 8.58. The highest BCUT2D eigenvalue weighted by atomic mass is 35.5. The first-order chi connectivity index (χ1) is 20.0. The quantitative estimate of drug-likeness (QED) is 0.307. The topological polar surface area (TPSA) is 118 Å². The molecule has 1 unspecified atom stereocenters. The van der Waals surface area contributed by atoms with E-state index in [4.69, 9.17) is 16.3 Å². The molecule has 0 radical (unpaired) electrons. The summed E-state index contributed by atoms with van der Waals surface area (Å²) in [5.74, 6) is -2.87. The maximum absolute atomic E-state index is 13.1. The zero-order chi connectivity index (χ0) is 31.7. The SMILES string of the molecule is COC1=CC(C)(n2nc(-c3cc(CNC(=O)C(F)(F)F)ccc3Cl)[nH]c2=O)CC=C1C(=O)Nc1cccc(C(F)(F)F)c1. The van der Waals surface area contributed by atoms with Crippen LogP contribution in [0, 0.1) is 0 Å². The number of allylic oxidation sites excluding steroid dienone is 2. The molecule has 43 heavy (non-hydrogen) atoms. The molecule has 16 heteroatoms. The van der Waals surface area contributed by atoms with Gasteiger partial charge >= 0.3 is 23.9 Å². The first-order valence-corrected chi connectivity index (χ1v) is 12.7. The Balaban J connectivity index is 1.57. The average molecular weight is 630 g/mol. The molecule has 3 aromatic rings. The Morgan fingerprint density at radius 2 is 1.86 bits per heavy atom. The molecule has 1 aliphatic rings. The summed E-state index contributed by atoms with van der Waals surface area (Å²) < 4.78 is 83.2. The van der Waals surface area contributed by atoms with Gasteiger partial charge in [-0.3, -0.25) is 14.6 Å². The van der Waals surface area contributed by atoms with Crippen LogP contribution in [0.5, 0.6) is 0 Å². The minimum atomic E-state index is -5.06. The van der Waals surface area contributed by atoms with E-state index in [-0.39, 0.29) is 45.4 Å². The number of carbonyl (C=O) groups excluding carboxylic acids is 2. The highest BCUT2D eigenvalue weighted by molar-refractivity contribution is 6.33. The van der Waals surface area contributed by atoms with Gasteiger partial charge in [-0.25, -0.2) is 9.48 Å². The standard InChI is InChI=1S/C27H22ClF6N5O4/c1-25(9-8-17(20(12-25)43-2)22(40)36-16-5-3-4-15(11-16)26(29,30)31)39-24(42)37-21(38-39)18-10-14(6-7-19(18)28)13-35-23(41)27(32,33)34/h3-8,10-12H,9,13H2,1-2H3,(H,35,41)(H,36,40)(H,37,38,42). The van der Waals surface area contributed by atoms with Gasteiger partial charge in [-0.15, -0.1) is 5.10 Å². The van der Waals surface area contributed by atoms with Crippen molar-refractivity contribution in [2.75, 3.05) is 12.4 Å². The second-order valence-electron chi connectivity index (χ2n) is 9.61. The minimum Gasteiger partial charge on any atom is -0.496 e. The van der Waals surface area contributed by atoms with Gasteiger partial charge in [0.2, 0.25) is 0 Å². The van der Waals surface area contributed by atoms with E-state index in [9.17, 15) is 40.7 Å². The van der Waals surface area contributed by atoms with Gasteiger partial charge in [0.15, 0.2) is 5.82 Å². The first-order valence-electron chi connectivity index (χ1n) is 12.3. The van der Waals surface area contributed by atoms with E-state index in [1.165, 1.54) is 43.5 Å². The molecule has 2 amide bonds. The van der Waals surface area contributed by atoms with Gasteiger partial charge in [0.25, 0.3) is 5.91 Å². The monoisotopic (exact) mass is 629 g/mol. The van der Waals surface area contributed by atoms with Gasteiger partial charge in [0.05, 0.1) is 28.8 Å². The molecular formula is C27H22ClF6N5O4. The Morgan fingerprint density at radius 1 is 1.14 bits per heavy atom. The molecule has 0 bridgehead atoms. The molecule has 1 heterocycles. The van der Waals surface area contributed by atoms with Crippen LogP contribution in [0.4, 0.5) is 32.0 Å². The van der Waals surface area contributed by atoms with Crippen LogP contribution in [0.2, 0.25) is 5.02 Å². The summed E-state index contributed by atoms with van der Waals surface area (Å²) in [6.07, 6.45) is -6.73. The van der Waals surface area contributed by atoms with Crippen molar-refractivity contribution in [1.29, 1.82) is 0 Å². The summed E-state index contributed by atoms with van der Waals surface area (Å²) in [4.78, 5) is 39.6. The highest BCUT2D eigenvalue weighted by Gasteiger charge is 2.38. The average Bonchev–Trinajstić information content (AvgIpc) is 3.33. The number of rotatable bonds is 7. The van der Waals surface area contributed by atoms with Gasteiger partial charge in [0.1, 0.15) is 5.76 Å². The smallest absolute Gasteiger partial charge is 0.471 e. The zero-order valence-electron chi connectivity index (χ0n) is 22.3. The predicted molar refractivity (Wildman–Crippen MR) is 143 cm³/mol. The number of hydrogen-bond donors (Lipinski definition) is 3. The number of amides is 2. The summed E-state index contributed by atoms with van der Waals surface area (Å²) >= 11 is 6.26. The number of hydrogen-bond acceptors (Lipinski definition) is 5. The number of halogens is 7. The van der Waals surface area contributed by atoms with Crippen molar-refractivity contribution in [3.8, 4) is 11.4 Å². The van der Waals surface area contributed by atoms with Crippen LogP contribution < -0.4 is 16.3 Å². The van der Waals surface area contributed by atoms with Crippen LogP contribution in [0.3, 0.4) is 0 Å². The van der Waals surface area contributed by atoms with Gasteiger partial charge < -0.3 is 15.4 Å². The Labute approximate surface area is 244 Å². The van der Waals surface area contributed by atoms with E-state index in [0.717, 1.165) is 22.9 Å².